The fourth-order valence-corrected chi connectivity index (χ4v) is 2.40. The molecule has 0 saturated heterocycles. The molecule has 21 heavy (non-hydrogen) atoms. The molecule has 0 spiro atoms. The number of aromatic nitrogens is 3. The zero-order chi connectivity index (χ0) is 15.4. The molecule has 0 fully saturated rings. The molecule has 0 aliphatic rings. The number of nitrogens with two attached hydrogens (primary N) is 1. The van der Waals surface area contributed by atoms with Crippen LogP contribution >= 0.6 is 0 Å². The first-order chi connectivity index (χ1) is 10.0. The second-order valence-corrected chi connectivity index (χ2v) is 5.34. The van der Waals surface area contributed by atoms with Crippen molar-refractivity contribution in [3.63, 3.8) is 0 Å². The molecule has 0 bridgehead atoms. The molecule has 0 aliphatic heterocycles. The minimum Gasteiger partial charge on any atom is -0.327 e. The summed E-state index contributed by atoms with van der Waals surface area (Å²) in [5.74, 6) is 0. The lowest BCUT2D eigenvalue weighted by atomic mass is 10.0. The summed E-state index contributed by atoms with van der Waals surface area (Å²) in [6.45, 7) is 6.84. The smallest absolute Gasteiger partial charge is 0.140 e. The number of pyridine rings is 1. The van der Waals surface area contributed by atoms with Crippen molar-refractivity contribution in [2.45, 2.75) is 46.2 Å². The molecule has 1 unspecified atom stereocenters. The Balaban J connectivity index is 2.25. The molecular weight excluding hydrogens is 262 g/mol. The molecule has 0 amide bonds. The van der Waals surface area contributed by atoms with Crippen molar-refractivity contribution >= 4 is 0 Å². The van der Waals surface area contributed by atoms with Crippen LogP contribution in [0.4, 0.5) is 0 Å². The molecule has 2 rings (SSSR count). The highest BCUT2D eigenvalue weighted by molar-refractivity contribution is 5.29. The fourth-order valence-electron chi connectivity index (χ4n) is 2.40. The summed E-state index contributed by atoms with van der Waals surface area (Å²) in [5.41, 5.74) is 10.9. The summed E-state index contributed by atoms with van der Waals surface area (Å²) in [7, 11) is 0. The SMILES string of the molecule is CCC(N)Cc1c(C)nn(Cc2ccnc(C#N)c2)c1C. The van der Waals surface area contributed by atoms with Crippen LogP contribution in [0.15, 0.2) is 18.3 Å². The maximum absolute atomic E-state index is 8.91. The van der Waals surface area contributed by atoms with Crippen molar-refractivity contribution in [2.75, 3.05) is 0 Å². The van der Waals surface area contributed by atoms with Crippen LogP contribution in [0.2, 0.25) is 0 Å². The number of hydrogen-bond acceptors (Lipinski definition) is 4. The first-order valence-electron chi connectivity index (χ1n) is 7.18. The Bertz CT molecular complexity index is 666. The van der Waals surface area contributed by atoms with Gasteiger partial charge in [-0.1, -0.05) is 6.92 Å². The maximum atomic E-state index is 8.91. The first-order valence-corrected chi connectivity index (χ1v) is 7.18. The predicted octanol–water partition coefficient (Wildman–Crippen LogP) is 2.09. The molecule has 0 saturated carbocycles. The van der Waals surface area contributed by atoms with Gasteiger partial charge < -0.3 is 5.73 Å². The van der Waals surface area contributed by atoms with E-state index in [4.69, 9.17) is 11.0 Å². The van der Waals surface area contributed by atoms with E-state index in [0.717, 1.165) is 29.8 Å². The molecule has 110 valence electrons. The molecule has 1 atom stereocenters. The van der Waals surface area contributed by atoms with Gasteiger partial charge in [0.15, 0.2) is 0 Å². The molecule has 2 N–H and O–H groups in total. The van der Waals surface area contributed by atoms with E-state index in [1.165, 1.54) is 5.56 Å². The second-order valence-electron chi connectivity index (χ2n) is 5.34. The molecule has 2 heterocycles. The Hall–Kier alpha value is -2.19. The number of nitrogens with zero attached hydrogens (tertiary/aromatic N) is 4. The third-order valence-corrected chi connectivity index (χ3v) is 3.79. The lowest BCUT2D eigenvalue weighted by molar-refractivity contribution is 0.635. The minimum absolute atomic E-state index is 0.172. The monoisotopic (exact) mass is 283 g/mol. The molecular formula is C16H21N5. The Morgan fingerprint density at radius 1 is 1.43 bits per heavy atom. The molecule has 2 aromatic heterocycles. The van der Waals surface area contributed by atoms with Gasteiger partial charge in [-0.25, -0.2) is 4.98 Å². The first kappa shape index (κ1) is 15.2. The van der Waals surface area contributed by atoms with Gasteiger partial charge in [0.05, 0.1) is 12.2 Å². The summed E-state index contributed by atoms with van der Waals surface area (Å²) in [6.07, 6.45) is 3.47. The van der Waals surface area contributed by atoms with E-state index < -0.39 is 0 Å². The van der Waals surface area contributed by atoms with Gasteiger partial charge in [0.1, 0.15) is 11.8 Å². The zero-order valence-electron chi connectivity index (χ0n) is 12.8. The summed E-state index contributed by atoms with van der Waals surface area (Å²) in [4.78, 5) is 3.99. The highest BCUT2D eigenvalue weighted by Crippen LogP contribution is 2.17. The van der Waals surface area contributed by atoms with Gasteiger partial charge in [0, 0.05) is 17.9 Å². The predicted molar refractivity (Wildman–Crippen MR) is 81.7 cm³/mol. The Morgan fingerprint density at radius 3 is 2.86 bits per heavy atom. The highest BCUT2D eigenvalue weighted by Gasteiger charge is 2.14. The minimum atomic E-state index is 0.172. The largest absolute Gasteiger partial charge is 0.327 e. The van der Waals surface area contributed by atoms with Gasteiger partial charge in [-0.05, 0) is 49.9 Å². The van der Waals surface area contributed by atoms with Crippen LogP contribution in [0.25, 0.3) is 0 Å². The fraction of sp³-hybridized carbons (Fsp3) is 0.438. The third-order valence-electron chi connectivity index (χ3n) is 3.79. The third kappa shape index (κ3) is 3.47. The quantitative estimate of drug-likeness (QED) is 0.911. The number of nitriles is 1. The Labute approximate surface area is 125 Å². The molecule has 5 heteroatoms. The van der Waals surface area contributed by atoms with E-state index in [0.29, 0.717) is 12.2 Å². The topological polar surface area (TPSA) is 80.5 Å². The summed E-state index contributed by atoms with van der Waals surface area (Å²) in [5, 5.41) is 13.5. The van der Waals surface area contributed by atoms with Gasteiger partial charge in [0.25, 0.3) is 0 Å². The number of rotatable bonds is 5. The maximum Gasteiger partial charge on any atom is 0.140 e. The van der Waals surface area contributed by atoms with Crippen molar-refractivity contribution in [3.8, 4) is 6.07 Å². The normalized spacial score (nSPS) is 12.1. The second kappa shape index (κ2) is 6.51. The zero-order valence-corrected chi connectivity index (χ0v) is 12.8. The van der Waals surface area contributed by atoms with Crippen molar-refractivity contribution in [1.29, 1.82) is 5.26 Å². The van der Waals surface area contributed by atoms with Gasteiger partial charge >= 0.3 is 0 Å². The molecule has 5 nitrogen and oxygen atoms in total. The van der Waals surface area contributed by atoms with Crippen molar-refractivity contribution in [3.05, 3.63) is 46.5 Å². The molecule has 0 radical (unpaired) electrons. The summed E-state index contributed by atoms with van der Waals surface area (Å²) in [6, 6.07) is 5.94. The van der Waals surface area contributed by atoms with Crippen molar-refractivity contribution < 1.29 is 0 Å². The van der Waals surface area contributed by atoms with Gasteiger partial charge in [-0.15, -0.1) is 0 Å². The van der Waals surface area contributed by atoms with Crippen LogP contribution in [0.5, 0.6) is 0 Å². The number of hydrogen-bond donors (Lipinski definition) is 1. The highest BCUT2D eigenvalue weighted by atomic mass is 15.3. The standard InChI is InChI=1S/C16H21N5/c1-4-14(18)8-16-11(2)20-21(12(16)3)10-13-5-6-19-15(7-13)9-17/h5-7,14H,4,8,10,18H2,1-3H3. The van der Waals surface area contributed by atoms with Crippen LogP contribution in [0.3, 0.4) is 0 Å². The van der Waals surface area contributed by atoms with E-state index in [-0.39, 0.29) is 6.04 Å². The van der Waals surface area contributed by atoms with Crippen LogP contribution in [0, 0.1) is 25.2 Å². The Kier molecular flexibility index (Phi) is 4.71. The average molecular weight is 283 g/mol. The van der Waals surface area contributed by atoms with Crippen LogP contribution in [-0.2, 0) is 13.0 Å². The van der Waals surface area contributed by atoms with Gasteiger partial charge in [-0.2, -0.15) is 10.4 Å². The van der Waals surface area contributed by atoms with Gasteiger partial charge in [0.2, 0.25) is 0 Å². The van der Waals surface area contributed by atoms with Crippen molar-refractivity contribution in [1.82, 2.24) is 14.8 Å². The van der Waals surface area contributed by atoms with Crippen LogP contribution in [-0.4, -0.2) is 20.8 Å². The van der Waals surface area contributed by atoms with E-state index in [2.05, 4.69) is 30.0 Å². The summed E-state index contributed by atoms with van der Waals surface area (Å²) < 4.78 is 1.98. The molecule has 0 aliphatic carbocycles. The molecule has 2 aromatic rings. The Morgan fingerprint density at radius 2 is 2.19 bits per heavy atom. The summed E-state index contributed by atoms with van der Waals surface area (Å²) >= 11 is 0. The van der Waals surface area contributed by atoms with Gasteiger partial charge in [-0.3, -0.25) is 4.68 Å². The molecule has 0 aromatic carbocycles. The van der Waals surface area contributed by atoms with E-state index in [1.807, 2.05) is 17.7 Å². The van der Waals surface area contributed by atoms with Crippen molar-refractivity contribution in [2.24, 2.45) is 5.73 Å². The lowest BCUT2D eigenvalue weighted by Crippen LogP contribution is -2.22. The van der Waals surface area contributed by atoms with E-state index in [1.54, 1.807) is 12.3 Å². The van der Waals surface area contributed by atoms with Crippen LogP contribution in [0.1, 0.15) is 41.6 Å². The van der Waals surface area contributed by atoms with E-state index >= 15 is 0 Å². The average Bonchev–Trinajstić information content (AvgIpc) is 2.75. The lowest BCUT2D eigenvalue weighted by Gasteiger charge is -2.09. The van der Waals surface area contributed by atoms with E-state index in [9.17, 15) is 0 Å². The van der Waals surface area contributed by atoms with Crippen LogP contribution < -0.4 is 5.73 Å². The number of aryl methyl sites for hydroxylation is 1.